The van der Waals surface area contributed by atoms with Gasteiger partial charge in [0, 0.05) is 0 Å². The lowest BCUT2D eigenvalue weighted by Crippen LogP contribution is -2.32. The topological polar surface area (TPSA) is 46.5 Å². The van der Waals surface area contributed by atoms with Crippen molar-refractivity contribution in [2.75, 3.05) is 13.2 Å². The van der Waals surface area contributed by atoms with Crippen molar-refractivity contribution in [3.63, 3.8) is 0 Å². The van der Waals surface area contributed by atoms with Gasteiger partial charge in [-0.25, -0.2) is 0 Å². The van der Waals surface area contributed by atoms with E-state index in [1.165, 1.54) is 11.1 Å². The van der Waals surface area contributed by atoms with Crippen LogP contribution in [0.3, 0.4) is 0 Å². The molecule has 0 aromatic carbocycles. The summed E-state index contributed by atoms with van der Waals surface area (Å²) in [6.07, 6.45) is 9.80. The van der Waals surface area contributed by atoms with Gasteiger partial charge in [-0.15, -0.1) is 0 Å². The van der Waals surface area contributed by atoms with E-state index in [-0.39, 0.29) is 18.5 Å². The highest BCUT2D eigenvalue weighted by Crippen LogP contribution is 2.39. The fourth-order valence-corrected chi connectivity index (χ4v) is 3.11. The van der Waals surface area contributed by atoms with E-state index < -0.39 is 5.92 Å². The van der Waals surface area contributed by atoms with E-state index in [0.29, 0.717) is 6.61 Å². The molecule has 0 aromatic rings. The van der Waals surface area contributed by atoms with E-state index >= 15 is 0 Å². The molecule has 0 bridgehead atoms. The first-order chi connectivity index (χ1) is 8.77. The molecule has 0 saturated carbocycles. The van der Waals surface area contributed by atoms with Crippen LogP contribution in [-0.2, 0) is 9.53 Å². The van der Waals surface area contributed by atoms with Crippen LogP contribution in [0.15, 0.2) is 23.3 Å². The van der Waals surface area contributed by atoms with Gasteiger partial charge in [0.25, 0.3) is 0 Å². The Kier molecular flexibility index (Phi) is 4.59. The summed E-state index contributed by atoms with van der Waals surface area (Å²) < 4.78 is 5.08. The van der Waals surface area contributed by atoms with Crippen LogP contribution in [0.25, 0.3) is 0 Å². The SMILES string of the molecule is CCOC(=O)C(CO)C1CCCC2=C1C=CCC2. The average molecular weight is 250 g/mol. The van der Waals surface area contributed by atoms with Crippen molar-refractivity contribution in [2.45, 2.75) is 39.0 Å². The Hall–Kier alpha value is -1.09. The molecule has 0 amide bonds. The highest BCUT2D eigenvalue weighted by atomic mass is 16.5. The number of hydrogen-bond acceptors (Lipinski definition) is 3. The monoisotopic (exact) mass is 250 g/mol. The van der Waals surface area contributed by atoms with Crippen molar-refractivity contribution in [3.8, 4) is 0 Å². The fourth-order valence-electron chi connectivity index (χ4n) is 3.11. The molecule has 0 saturated heterocycles. The Morgan fingerprint density at radius 3 is 3.11 bits per heavy atom. The minimum absolute atomic E-state index is 0.117. The van der Waals surface area contributed by atoms with Crippen LogP contribution >= 0.6 is 0 Å². The van der Waals surface area contributed by atoms with Crippen molar-refractivity contribution in [1.82, 2.24) is 0 Å². The maximum Gasteiger partial charge on any atom is 0.311 e. The molecule has 0 heterocycles. The predicted molar refractivity (Wildman–Crippen MR) is 69.9 cm³/mol. The Labute approximate surface area is 109 Å². The zero-order chi connectivity index (χ0) is 13.0. The largest absolute Gasteiger partial charge is 0.466 e. The lowest BCUT2D eigenvalue weighted by atomic mass is 9.73. The molecule has 100 valence electrons. The summed E-state index contributed by atoms with van der Waals surface area (Å²) in [6.45, 7) is 2.07. The van der Waals surface area contributed by atoms with Crippen LogP contribution in [0.5, 0.6) is 0 Å². The number of aliphatic hydroxyl groups excluding tert-OH is 1. The Balaban J connectivity index is 2.19. The Morgan fingerprint density at radius 2 is 2.39 bits per heavy atom. The molecular weight excluding hydrogens is 228 g/mol. The molecule has 0 radical (unpaired) electrons. The first kappa shape index (κ1) is 13.3. The molecule has 2 atom stereocenters. The highest BCUT2D eigenvalue weighted by Gasteiger charge is 2.34. The van der Waals surface area contributed by atoms with Crippen molar-refractivity contribution in [2.24, 2.45) is 11.8 Å². The number of ether oxygens (including phenoxy) is 1. The molecule has 0 aliphatic heterocycles. The zero-order valence-corrected chi connectivity index (χ0v) is 11.0. The number of allylic oxidation sites excluding steroid dienone is 4. The van der Waals surface area contributed by atoms with Gasteiger partial charge in [-0.3, -0.25) is 4.79 Å². The number of rotatable bonds is 4. The maximum atomic E-state index is 11.9. The number of hydrogen-bond donors (Lipinski definition) is 1. The molecule has 2 unspecified atom stereocenters. The van der Waals surface area contributed by atoms with Gasteiger partial charge in [0.15, 0.2) is 0 Å². The predicted octanol–water partition coefficient (Wildman–Crippen LogP) is 2.60. The second-order valence-corrected chi connectivity index (χ2v) is 5.04. The third-order valence-corrected chi connectivity index (χ3v) is 3.98. The molecule has 3 heteroatoms. The van der Waals surface area contributed by atoms with Gasteiger partial charge in [0.05, 0.1) is 19.1 Å². The minimum atomic E-state index is -0.391. The van der Waals surface area contributed by atoms with Gasteiger partial charge < -0.3 is 9.84 Å². The smallest absolute Gasteiger partial charge is 0.311 e. The van der Waals surface area contributed by atoms with Gasteiger partial charge in [-0.1, -0.05) is 17.7 Å². The minimum Gasteiger partial charge on any atom is -0.466 e. The summed E-state index contributed by atoms with van der Waals surface area (Å²) in [6, 6.07) is 0. The summed E-state index contributed by atoms with van der Waals surface area (Å²) in [7, 11) is 0. The van der Waals surface area contributed by atoms with Gasteiger partial charge in [0.2, 0.25) is 0 Å². The van der Waals surface area contributed by atoms with Gasteiger partial charge in [-0.2, -0.15) is 0 Å². The standard InChI is InChI=1S/C15H22O3/c1-2-18-15(17)14(10-16)13-9-5-7-11-6-3-4-8-12(11)13/h4,8,13-14,16H,2-3,5-7,9-10H2,1H3. The molecule has 0 spiro atoms. The van der Waals surface area contributed by atoms with Crippen LogP contribution in [0.2, 0.25) is 0 Å². The van der Waals surface area contributed by atoms with Crippen molar-refractivity contribution in [1.29, 1.82) is 0 Å². The van der Waals surface area contributed by atoms with Gasteiger partial charge >= 0.3 is 5.97 Å². The van der Waals surface area contributed by atoms with Crippen molar-refractivity contribution < 1.29 is 14.6 Å². The second kappa shape index (κ2) is 6.19. The molecule has 18 heavy (non-hydrogen) atoms. The summed E-state index contributed by atoms with van der Waals surface area (Å²) in [4.78, 5) is 11.9. The lowest BCUT2D eigenvalue weighted by Gasteiger charge is -2.32. The summed E-state index contributed by atoms with van der Waals surface area (Å²) in [5, 5.41) is 9.52. The van der Waals surface area contributed by atoms with Crippen LogP contribution < -0.4 is 0 Å². The molecule has 1 N–H and O–H groups in total. The second-order valence-electron chi connectivity index (χ2n) is 5.04. The zero-order valence-electron chi connectivity index (χ0n) is 11.0. The van der Waals surface area contributed by atoms with Crippen molar-refractivity contribution in [3.05, 3.63) is 23.3 Å². The van der Waals surface area contributed by atoms with E-state index in [1.54, 1.807) is 6.92 Å². The Bertz CT molecular complexity index is 368. The molecule has 2 aliphatic carbocycles. The third kappa shape index (κ3) is 2.66. The molecule has 2 rings (SSSR count). The van der Waals surface area contributed by atoms with E-state index in [1.807, 2.05) is 0 Å². The van der Waals surface area contributed by atoms with E-state index in [9.17, 15) is 9.90 Å². The summed E-state index contributed by atoms with van der Waals surface area (Å²) >= 11 is 0. The van der Waals surface area contributed by atoms with Gasteiger partial charge in [-0.05, 0) is 50.5 Å². The molecule has 0 aromatic heterocycles. The first-order valence-corrected chi connectivity index (χ1v) is 6.93. The van der Waals surface area contributed by atoms with Crippen LogP contribution in [-0.4, -0.2) is 24.3 Å². The summed E-state index contributed by atoms with van der Waals surface area (Å²) in [5.41, 5.74) is 2.77. The number of carbonyl (C=O) groups excluding carboxylic acids is 1. The number of carbonyl (C=O) groups is 1. The number of aliphatic hydroxyl groups is 1. The Morgan fingerprint density at radius 1 is 1.56 bits per heavy atom. The van der Waals surface area contributed by atoms with E-state index in [4.69, 9.17) is 4.74 Å². The van der Waals surface area contributed by atoms with E-state index in [2.05, 4.69) is 12.2 Å². The summed E-state index contributed by atoms with van der Waals surface area (Å²) in [5.74, 6) is -0.495. The molecular formula is C15H22O3. The van der Waals surface area contributed by atoms with E-state index in [0.717, 1.165) is 32.1 Å². The van der Waals surface area contributed by atoms with Crippen LogP contribution in [0, 0.1) is 11.8 Å². The quantitative estimate of drug-likeness (QED) is 0.780. The molecule has 2 aliphatic rings. The number of esters is 1. The fraction of sp³-hybridized carbons (Fsp3) is 0.667. The molecule has 3 nitrogen and oxygen atoms in total. The third-order valence-electron chi connectivity index (χ3n) is 3.98. The first-order valence-electron chi connectivity index (χ1n) is 6.93. The maximum absolute atomic E-state index is 11.9. The average Bonchev–Trinajstić information content (AvgIpc) is 2.40. The van der Waals surface area contributed by atoms with Crippen molar-refractivity contribution >= 4 is 5.97 Å². The van der Waals surface area contributed by atoms with Crippen LogP contribution in [0.1, 0.15) is 39.0 Å². The van der Waals surface area contributed by atoms with Crippen LogP contribution in [0.4, 0.5) is 0 Å². The van der Waals surface area contributed by atoms with Gasteiger partial charge in [0.1, 0.15) is 0 Å². The lowest BCUT2D eigenvalue weighted by molar-refractivity contribution is -0.151. The molecule has 0 fully saturated rings. The highest BCUT2D eigenvalue weighted by molar-refractivity contribution is 5.73. The normalized spacial score (nSPS) is 24.7.